The molecule has 0 spiro atoms. The molecule has 7 heteroatoms. The number of carbonyl (C=O) groups excluding carboxylic acids is 2. The van der Waals surface area contributed by atoms with E-state index in [0.717, 1.165) is 11.1 Å². The third kappa shape index (κ3) is 4.90. The number of hydrogen-bond donors (Lipinski definition) is 2. The van der Waals surface area contributed by atoms with Crippen molar-refractivity contribution in [3.63, 3.8) is 0 Å². The quantitative estimate of drug-likeness (QED) is 0.604. The van der Waals surface area contributed by atoms with E-state index in [-0.39, 0.29) is 37.3 Å². The number of carbonyl (C=O) groups is 3. The zero-order valence-corrected chi connectivity index (χ0v) is 20.8. The number of amides is 2. The van der Waals surface area contributed by atoms with Gasteiger partial charge in [0.15, 0.2) is 0 Å². The molecule has 1 aliphatic heterocycles. The second-order valence-corrected chi connectivity index (χ2v) is 10.7. The number of nitrogens with zero attached hydrogens (tertiary/aromatic N) is 1. The van der Waals surface area contributed by atoms with E-state index in [1.54, 1.807) is 11.8 Å². The molecule has 0 saturated carbocycles. The van der Waals surface area contributed by atoms with E-state index < -0.39 is 23.0 Å². The highest BCUT2D eigenvalue weighted by Gasteiger charge is 2.47. The van der Waals surface area contributed by atoms with Crippen molar-refractivity contribution < 1.29 is 24.2 Å². The Morgan fingerprint density at radius 3 is 2.20 bits per heavy atom. The minimum atomic E-state index is -0.926. The largest absolute Gasteiger partial charge is 0.481 e. The molecule has 2 amide bonds. The number of hydrogen-bond acceptors (Lipinski definition) is 4. The molecule has 2 unspecified atom stereocenters. The van der Waals surface area contributed by atoms with Crippen molar-refractivity contribution >= 4 is 18.0 Å². The Kier molecular flexibility index (Phi) is 6.62. The number of nitrogens with one attached hydrogen (secondary N) is 1. The van der Waals surface area contributed by atoms with Gasteiger partial charge in [0, 0.05) is 31.0 Å². The predicted octanol–water partition coefficient (Wildman–Crippen LogP) is 4.65. The maximum Gasteiger partial charge on any atom is 0.407 e. The van der Waals surface area contributed by atoms with Crippen LogP contribution in [-0.2, 0) is 14.3 Å². The lowest BCUT2D eigenvalue weighted by Gasteiger charge is -2.27. The summed E-state index contributed by atoms with van der Waals surface area (Å²) in [5.41, 5.74) is 3.07. The van der Waals surface area contributed by atoms with Crippen molar-refractivity contribution in [2.24, 2.45) is 11.3 Å². The van der Waals surface area contributed by atoms with Gasteiger partial charge in [0.25, 0.3) is 0 Å². The fourth-order valence-corrected chi connectivity index (χ4v) is 5.17. The van der Waals surface area contributed by atoms with Crippen LogP contribution in [0.4, 0.5) is 4.79 Å². The van der Waals surface area contributed by atoms with Gasteiger partial charge in [-0.3, -0.25) is 9.59 Å². The summed E-state index contributed by atoms with van der Waals surface area (Å²) < 4.78 is 5.64. The molecule has 2 aromatic rings. The minimum Gasteiger partial charge on any atom is -0.481 e. The minimum absolute atomic E-state index is 0.0152. The third-order valence-corrected chi connectivity index (χ3v) is 7.69. The summed E-state index contributed by atoms with van der Waals surface area (Å²) in [5.74, 6) is -1.10. The smallest absolute Gasteiger partial charge is 0.407 e. The average molecular weight is 479 g/mol. The standard InChI is InChI=1S/C28H34N2O5/c1-18-15-30(17-28(18,4)25(32)33)24(31)13-14-27(2,3)29-26(34)35-16-23-21-11-7-5-9-19(21)20-10-6-8-12-22(20)23/h5-12,18,23H,13-17H2,1-4H3,(H,29,34)(H,32,33). The molecule has 1 heterocycles. The molecule has 1 aliphatic carbocycles. The van der Waals surface area contributed by atoms with Crippen LogP contribution in [0.1, 0.15) is 57.6 Å². The molecule has 35 heavy (non-hydrogen) atoms. The number of alkyl carbamates (subject to hydrolysis) is 1. The van der Waals surface area contributed by atoms with Gasteiger partial charge in [-0.15, -0.1) is 0 Å². The Morgan fingerprint density at radius 1 is 1.09 bits per heavy atom. The molecule has 0 radical (unpaired) electrons. The van der Waals surface area contributed by atoms with E-state index in [1.165, 1.54) is 11.1 Å². The van der Waals surface area contributed by atoms with Crippen molar-refractivity contribution in [1.29, 1.82) is 0 Å². The van der Waals surface area contributed by atoms with Crippen LogP contribution in [0, 0.1) is 11.3 Å². The third-order valence-electron chi connectivity index (χ3n) is 7.69. The van der Waals surface area contributed by atoms with Gasteiger partial charge in [0.05, 0.1) is 5.41 Å². The van der Waals surface area contributed by atoms with Gasteiger partial charge in [-0.1, -0.05) is 55.5 Å². The summed E-state index contributed by atoms with van der Waals surface area (Å²) in [7, 11) is 0. The van der Waals surface area contributed by atoms with Crippen LogP contribution in [0.15, 0.2) is 48.5 Å². The second-order valence-electron chi connectivity index (χ2n) is 10.7. The highest BCUT2D eigenvalue weighted by molar-refractivity contribution is 5.81. The van der Waals surface area contributed by atoms with Crippen LogP contribution in [0.3, 0.4) is 0 Å². The molecule has 1 fully saturated rings. The highest BCUT2D eigenvalue weighted by Crippen LogP contribution is 2.44. The van der Waals surface area contributed by atoms with Gasteiger partial charge in [-0.2, -0.15) is 0 Å². The summed E-state index contributed by atoms with van der Waals surface area (Å²) in [6.45, 7) is 8.14. The number of likely N-dealkylation sites (tertiary alicyclic amines) is 1. The van der Waals surface area contributed by atoms with Gasteiger partial charge in [-0.05, 0) is 55.4 Å². The first-order valence-corrected chi connectivity index (χ1v) is 12.2. The lowest BCUT2D eigenvalue weighted by atomic mass is 9.81. The average Bonchev–Trinajstić information content (AvgIpc) is 3.31. The van der Waals surface area contributed by atoms with Crippen LogP contribution in [-0.4, -0.2) is 53.2 Å². The van der Waals surface area contributed by atoms with Gasteiger partial charge in [0.1, 0.15) is 6.61 Å². The first-order chi connectivity index (χ1) is 16.5. The number of aliphatic carboxylic acids is 1. The monoisotopic (exact) mass is 478 g/mol. The summed E-state index contributed by atoms with van der Waals surface area (Å²) in [4.78, 5) is 38.7. The Balaban J connectivity index is 1.30. The molecule has 186 valence electrons. The first kappa shape index (κ1) is 24.8. The molecule has 2 N–H and O–H groups in total. The van der Waals surface area contributed by atoms with Crippen LogP contribution >= 0.6 is 0 Å². The van der Waals surface area contributed by atoms with Crippen molar-refractivity contribution in [3.8, 4) is 11.1 Å². The molecule has 1 saturated heterocycles. The van der Waals surface area contributed by atoms with E-state index in [0.29, 0.717) is 13.0 Å². The first-order valence-electron chi connectivity index (χ1n) is 12.2. The van der Waals surface area contributed by atoms with Gasteiger partial charge < -0.3 is 20.1 Å². The molecule has 2 aliphatic rings. The van der Waals surface area contributed by atoms with Gasteiger partial charge in [0.2, 0.25) is 5.91 Å². The summed E-state index contributed by atoms with van der Waals surface area (Å²) in [5, 5.41) is 12.4. The SMILES string of the molecule is CC1CN(C(=O)CCC(C)(C)NC(=O)OCC2c3ccccc3-c3ccccc32)CC1(C)C(=O)O. The van der Waals surface area contributed by atoms with E-state index in [9.17, 15) is 19.5 Å². The number of benzene rings is 2. The zero-order valence-electron chi connectivity index (χ0n) is 20.8. The second kappa shape index (κ2) is 9.36. The van der Waals surface area contributed by atoms with Gasteiger partial charge in [-0.25, -0.2) is 4.79 Å². The lowest BCUT2D eigenvalue weighted by Crippen LogP contribution is -2.45. The molecule has 0 aromatic heterocycles. The van der Waals surface area contributed by atoms with Crippen molar-refractivity contribution in [3.05, 3.63) is 59.7 Å². The predicted molar refractivity (Wildman–Crippen MR) is 133 cm³/mol. The molecule has 7 nitrogen and oxygen atoms in total. The van der Waals surface area contributed by atoms with E-state index in [1.807, 2.05) is 45.0 Å². The van der Waals surface area contributed by atoms with Crippen LogP contribution in [0.5, 0.6) is 0 Å². The Bertz CT molecular complexity index is 1100. The maximum atomic E-state index is 12.8. The van der Waals surface area contributed by atoms with Crippen molar-refractivity contribution in [2.45, 2.75) is 52.0 Å². The van der Waals surface area contributed by atoms with Crippen LogP contribution in [0.25, 0.3) is 11.1 Å². The van der Waals surface area contributed by atoms with Crippen molar-refractivity contribution in [2.75, 3.05) is 19.7 Å². The van der Waals surface area contributed by atoms with Crippen LogP contribution in [0.2, 0.25) is 0 Å². The summed E-state index contributed by atoms with van der Waals surface area (Å²) in [6.07, 6.45) is 0.126. The Labute approximate surface area is 206 Å². The van der Waals surface area contributed by atoms with Crippen LogP contribution < -0.4 is 5.32 Å². The molecule has 4 rings (SSSR count). The Morgan fingerprint density at radius 2 is 1.66 bits per heavy atom. The number of carboxylic acid groups (broad SMARTS) is 1. The number of carboxylic acids is 1. The topological polar surface area (TPSA) is 95.9 Å². The molecular weight excluding hydrogens is 444 g/mol. The highest BCUT2D eigenvalue weighted by atomic mass is 16.5. The Hall–Kier alpha value is -3.35. The summed E-state index contributed by atoms with van der Waals surface area (Å²) >= 11 is 0. The summed E-state index contributed by atoms with van der Waals surface area (Å²) in [6, 6.07) is 16.4. The van der Waals surface area contributed by atoms with E-state index >= 15 is 0 Å². The lowest BCUT2D eigenvalue weighted by molar-refractivity contribution is -0.149. The molecular formula is C28H34N2O5. The van der Waals surface area contributed by atoms with Crippen molar-refractivity contribution in [1.82, 2.24) is 10.2 Å². The fraction of sp³-hybridized carbons (Fsp3) is 0.464. The number of rotatable bonds is 7. The molecule has 2 aromatic carbocycles. The maximum absolute atomic E-state index is 12.8. The fourth-order valence-electron chi connectivity index (χ4n) is 5.17. The van der Waals surface area contributed by atoms with Gasteiger partial charge >= 0.3 is 12.1 Å². The normalized spacial score (nSPS) is 21.4. The van der Waals surface area contributed by atoms with E-state index in [4.69, 9.17) is 4.74 Å². The molecule has 0 bridgehead atoms. The number of fused-ring (bicyclic) bond motifs is 3. The zero-order chi connectivity index (χ0) is 25.4. The number of ether oxygens (including phenoxy) is 1. The molecule has 2 atom stereocenters. The van der Waals surface area contributed by atoms with E-state index in [2.05, 4.69) is 29.6 Å².